The fourth-order valence-electron chi connectivity index (χ4n) is 1.57. The van der Waals surface area contributed by atoms with Gasteiger partial charge in [-0.3, -0.25) is 9.59 Å². The molecule has 2 N–H and O–H groups in total. The molecular formula is C12H24N2O2. The fraction of sp³-hybridized carbons (Fsp3) is 0.833. The number of likely N-dealkylation sites (N-methyl/N-ethyl adjacent to an activating group) is 1. The van der Waals surface area contributed by atoms with Crippen molar-refractivity contribution in [3.05, 3.63) is 0 Å². The molecule has 0 fully saturated rings. The molecule has 0 spiro atoms. The highest BCUT2D eigenvalue weighted by Gasteiger charge is 2.28. The van der Waals surface area contributed by atoms with Crippen molar-refractivity contribution in [3.8, 4) is 0 Å². The zero-order valence-electron chi connectivity index (χ0n) is 11.0. The average Bonchev–Trinajstić information content (AvgIpc) is 2.15. The van der Waals surface area contributed by atoms with Crippen LogP contribution in [0.2, 0.25) is 0 Å². The Labute approximate surface area is 98.2 Å². The summed E-state index contributed by atoms with van der Waals surface area (Å²) in [5.74, 6) is -0.120. The first kappa shape index (κ1) is 15.1. The van der Waals surface area contributed by atoms with Gasteiger partial charge in [0, 0.05) is 37.9 Å². The summed E-state index contributed by atoms with van der Waals surface area (Å²) in [7, 11) is 1.71. The highest BCUT2D eigenvalue weighted by atomic mass is 16.2. The van der Waals surface area contributed by atoms with Crippen LogP contribution in [0.3, 0.4) is 0 Å². The molecule has 0 aliphatic carbocycles. The van der Waals surface area contributed by atoms with Crippen LogP contribution < -0.4 is 5.73 Å². The second kappa shape index (κ2) is 5.99. The van der Waals surface area contributed by atoms with Gasteiger partial charge in [-0.15, -0.1) is 0 Å². The molecule has 0 rings (SSSR count). The maximum absolute atomic E-state index is 11.9. The Morgan fingerprint density at radius 2 is 1.81 bits per heavy atom. The van der Waals surface area contributed by atoms with Crippen LogP contribution in [0.25, 0.3) is 0 Å². The van der Waals surface area contributed by atoms with Crippen LogP contribution in [0, 0.1) is 11.3 Å². The second-order valence-electron chi connectivity index (χ2n) is 5.32. The van der Waals surface area contributed by atoms with Crippen molar-refractivity contribution in [1.29, 1.82) is 0 Å². The lowest BCUT2D eigenvalue weighted by molar-refractivity contribution is -0.137. The summed E-state index contributed by atoms with van der Waals surface area (Å²) in [6.07, 6.45) is 0.270. The van der Waals surface area contributed by atoms with Gasteiger partial charge in [0.25, 0.3) is 0 Å². The molecule has 4 heteroatoms. The van der Waals surface area contributed by atoms with E-state index in [-0.39, 0.29) is 29.4 Å². The van der Waals surface area contributed by atoms with Gasteiger partial charge in [-0.25, -0.2) is 0 Å². The minimum absolute atomic E-state index is 0.0180. The summed E-state index contributed by atoms with van der Waals surface area (Å²) in [6.45, 7) is 8.42. The minimum atomic E-state index is -0.383. The zero-order valence-corrected chi connectivity index (χ0v) is 11.0. The molecule has 1 amide bonds. The Balaban J connectivity index is 4.30. The monoisotopic (exact) mass is 228 g/mol. The van der Waals surface area contributed by atoms with Crippen LogP contribution in [0.5, 0.6) is 0 Å². The third-order valence-electron chi connectivity index (χ3n) is 2.56. The topological polar surface area (TPSA) is 63.4 Å². The molecule has 4 nitrogen and oxygen atoms in total. The first-order valence-corrected chi connectivity index (χ1v) is 5.68. The third-order valence-corrected chi connectivity index (χ3v) is 2.56. The van der Waals surface area contributed by atoms with E-state index in [0.29, 0.717) is 13.1 Å². The summed E-state index contributed by atoms with van der Waals surface area (Å²) in [4.78, 5) is 25.2. The van der Waals surface area contributed by atoms with E-state index in [9.17, 15) is 9.59 Å². The predicted molar refractivity (Wildman–Crippen MR) is 64.9 cm³/mol. The fourth-order valence-corrected chi connectivity index (χ4v) is 1.57. The molecule has 0 aliphatic rings. The number of ketones is 1. The summed E-state index contributed by atoms with van der Waals surface area (Å²) in [5.41, 5.74) is 4.98. The van der Waals surface area contributed by atoms with Crippen molar-refractivity contribution < 1.29 is 9.59 Å². The van der Waals surface area contributed by atoms with Gasteiger partial charge in [-0.05, 0) is 0 Å². The van der Waals surface area contributed by atoms with Crippen LogP contribution in [0.15, 0.2) is 0 Å². The maximum Gasteiger partial charge on any atom is 0.223 e. The summed E-state index contributed by atoms with van der Waals surface area (Å²) in [5, 5.41) is 0. The van der Waals surface area contributed by atoms with Crippen LogP contribution in [-0.4, -0.2) is 36.7 Å². The van der Waals surface area contributed by atoms with Crippen molar-refractivity contribution in [2.45, 2.75) is 34.1 Å². The highest BCUT2D eigenvalue weighted by Crippen LogP contribution is 2.22. The number of carbonyl (C=O) groups excluding carboxylic acids is 2. The van der Waals surface area contributed by atoms with Gasteiger partial charge in [0.1, 0.15) is 5.78 Å². The largest absolute Gasteiger partial charge is 0.344 e. The van der Waals surface area contributed by atoms with Gasteiger partial charge in [0.05, 0.1) is 0 Å². The average molecular weight is 228 g/mol. The standard InChI is InChI=1S/C12H24N2O2/c1-9(11(16)12(2,3)4)8-10(15)14(5)7-6-13/h9H,6-8,13H2,1-5H3. The number of hydrogen-bond donors (Lipinski definition) is 1. The molecule has 0 radical (unpaired) electrons. The number of rotatable bonds is 5. The summed E-state index contributed by atoms with van der Waals surface area (Å²) in [6, 6.07) is 0. The first-order chi connectivity index (χ1) is 7.20. The van der Waals surface area contributed by atoms with Gasteiger partial charge in [0.15, 0.2) is 0 Å². The van der Waals surface area contributed by atoms with Crippen molar-refractivity contribution in [1.82, 2.24) is 4.90 Å². The van der Waals surface area contributed by atoms with Crippen molar-refractivity contribution in [3.63, 3.8) is 0 Å². The Kier molecular flexibility index (Phi) is 5.65. The molecule has 1 unspecified atom stereocenters. The number of Topliss-reactive ketones (excluding diaryl/α,β-unsaturated/α-hetero) is 1. The molecule has 0 aliphatic heterocycles. The van der Waals surface area contributed by atoms with Crippen molar-refractivity contribution >= 4 is 11.7 Å². The molecule has 0 aromatic carbocycles. The summed E-state index contributed by atoms with van der Waals surface area (Å²) < 4.78 is 0. The van der Waals surface area contributed by atoms with Gasteiger partial charge in [-0.2, -0.15) is 0 Å². The van der Waals surface area contributed by atoms with E-state index in [2.05, 4.69) is 0 Å². The molecule has 0 bridgehead atoms. The third kappa shape index (κ3) is 4.75. The van der Waals surface area contributed by atoms with Crippen molar-refractivity contribution in [2.75, 3.05) is 20.1 Å². The molecule has 94 valence electrons. The molecule has 16 heavy (non-hydrogen) atoms. The Morgan fingerprint density at radius 3 is 2.19 bits per heavy atom. The minimum Gasteiger partial charge on any atom is -0.344 e. The maximum atomic E-state index is 11.9. The van der Waals surface area contributed by atoms with E-state index in [1.54, 1.807) is 11.9 Å². The first-order valence-electron chi connectivity index (χ1n) is 5.68. The van der Waals surface area contributed by atoms with Crippen molar-refractivity contribution in [2.24, 2.45) is 17.1 Å². The number of nitrogens with two attached hydrogens (primary N) is 1. The molecular weight excluding hydrogens is 204 g/mol. The van der Waals surface area contributed by atoms with Crippen LogP contribution >= 0.6 is 0 Å². The van der Waals surface area contributed by atoms with Gasteiger partial charge in [0.2, 0.25) is 5.91 Å². The van der Waals surface area contributed by atoms with Crippen LogP contribution in [-0.2, 0) is 9.59 Å². The number of hydrogen-bond acceptors (Lipinski definition) is 3. The predicted octanol–water partition coefficient (Wildman–Crippen LogP) is 1.04. The van der Waals surface area contributed by atoms with Gasteiger partial charge >= 0.3 is 0 Å². The van der Waals surface area contributed by atoms with E-state index < -0.39 is 0 Å². The lowest BCUT2D eigenvalue weighted by Gasteiger charge is -2.23. The van der Waals surface area contributed by atoms with Gasteiger partial charge < -0.3 is 10.6 Å². The van der Waals surface area contributed by atoms with E-state index in [0.717, 1.165) is 0 Å². The molecule has 0 saturated carbocycles. The Bertz CT molecular complexity index is 256. The number of nitrogens with zero attached hydrogens (tertiary/aromatic N) is 1. The van der Waals surface area contributed by atoms with E-state index in [4.69, 9.17) is 5.73 Å². The van der Waals surface area contributed by atoms with E-state index in [1.165, 1.54) is 0 Å². The molecule has 0 heterocycles. The van der Waals surface area contributed by atoms with Crippen LogP contribution in [0.4, 0.5) is 0 Å². The van der Waals surface area contributed by atoms with E-state index >= 15 is 0 Å². The second-order valence-corrected chi connectivity index (χ2v) is 5.32. The summed E-state index contributed by atoms with van der Waals surface area (Å²) >= 11 is 0. The lowest BCUT2D eigenvalue weighted by Crippen LogP contribution is -2.35. The smallest absolute Gasteiger partial charge is 0.223 e. The normalized spacial score (nSPS) is 13.4. The molecule has 0 aromatic rings. The number of amides is 1. The highest BCUT2D eigenvalue weighted by molar-refractivity contribution is 5.89. The lowest BCUT2D eigenvalue weighted by atomic mass is 9.82. The zero-order chi connectivity index (χ0) is 12.9. The molecule has 0 aromatic heterocycles. The quantitative estimate of drug-likeness (QED) is 0.765. The van der Waals surface area contributed by atoms with Gasteiger partial charge in [-0.1, -0.05) is 27.7 Å². The van der Waals surface area contributed by atoms with E-state index in [1.807, 2.05) is 27.7 Å². The SMILES string of the molecule is CC(CC(=O)N(C)CCN)C(=O)C(C)(C)C. The Morgan fingerprint density at radius 1 is 1.31 bits per heavy atom. The Hall–Kier alpha value is -0.900. The van der Waals surface area contributed by atoms with Crippen LogP contribution in [0.1, 0.15) is 34.1 Å². The molecule has 1 atom stereocenters. The number of carbonyl (C=O) groups is 2. The molecule has 0 saturated heterocycles.